The smallest absolute Gasteiger partial charge is 0.0527 e. The van der Waals surface area contributed by atoms with Gasteiger partial charge in [-0.15, -0.1) is 0 Å². The molecule has 1 unspecified atom stereocenters. The quantitative estimate of drug-likeness (QED) is 0.816. The van der Waals surface area contributed by atoms with E-state index in [4.69, 9.17) is 11.6 Å². The fraction of sp³-hybridized carbons (Fsp3) is 0.500. The van der Waals surface area contributed by atoms with Gasteiger partial charge in [-0.05, 0) is 23.6 Å². The molecule has 2 heteroatoms. The zero-order valence-corrected chi connectivity index (χ0v) is 9.67. The Morgan fingerprint density at radius 3 is 2.14 bits per heavy atom. The van der Waals surface area contributed by atoms with Crippen LogP contribution in [0.5, 0.6) is 0 Å². The molecule has 1 atom stereocenters. The minimum absolute atomic E-state index is 0.159. The highest BCUT2D eigenvalue weighted by Gasteiger charge is 2.29. The maximum atomic E-state index is 9.45. The summed E-state index contributed by atoms with van der Waals surface area (Å²) >= 11 is 5.82. The lowest BCUT2D eigenvalue weighted by atomic mass is 9.74. The molecule has 1 aromatic rings. The van der Waals surface area contributed by atoms with E-state index in [9.17, 15) is 5.11 Å². The standard InChI is InChI=1S/C12H17ClO/c1-9(2)12(3,8-14)10-4-6-11(13)7-5-10/h4-7,9,14H,8H2,1-3H3. The van der Waals surface area contributed by atoms with Crippen LogP contribution in [0.4, 0.5) is 0 Å². The molecule has 0 spiro atoms. The van der Waals surface area contributed by atoms with Crippen molar-refractivity contribution in [2.75, 3.05) is 6.61 Å². The molecule has 0 bridgehead atoms. The van der Waals surface area contributed by atoms with Crippen molar-refractivity contribution in [1.82, 2.24) is 0 Å². The van der Waals surface area contributed by atoms with Crippen molar-refractivity contribution in [1.29, 1.82) is 0 Å². The van der Waals surface area contributed by atoms with E-state index >= 15 is 0 Å². The molecule has 0 fully saturated rings. The van der Waals surface area contributed by atoms with E-state index in [-0.39, 0.29) is 12.0 Å². The van der Waals surface area contributed by atoms with Gasteiger partial charge in [0.1, 0.15) is 0 Å². The molecule has 0 heterocycles. The van der Waals surface area contributed by atoms with Gasteiger partial charge in [-0.1, -0.05) is 44.5 Å². The zero-order chi connectivity index (χ0) is 10.8. The van der Waals surface area contributed by atoms with Crippen molar-refractivity contribution in [2.45, 2.75) is 26.2 Å². The first-order valence-electron chi connectivity index (χ1n) is 4.87. The second kappa shape index (κ2) is 4.33. The molecule has 1 aromatic carbocycles. The van der Waals surface area contributed by atoms with E-state index in [1.54, 1.807) is 0 Å². The molecule has 1 nitrogen and oxygen atoms in total. The van der Waals surface area contributed by atoms with Gasteiger partial charge >= 0.3 is 0 Å². The average Bonchev–Trinajstić information content (AvgIpc) is 2.17. The van der Waals surface area contributed by atoms with E-state index in [0.29, 0.717) is 5.92 Å². The van der Waals surface area contributed by atoms with Gasteiger partial charge in [-0.3, -0.25) is 0 Å². The summed E-state index contributed by atoms with van der Waals surface area (Å²) in [4.78, 5) is 0. The maximum Gasteiger partial charge on any atom is 0.0527 e. The average molecular weight is 213 g/mol. The Morgan fingerprint density at radius 2 is 1.79 bits per heavy atom. The van der Waals surface area contributed by atoms with Crippen LogP contribution >= 0.6 is 11.6 Å². The predicted octanol–water partition coefficient (Wildman–Crippen LogP) is 3.25. The summed E-state index contributed by atoms with van der Waals surface area (Å²) in [7, 11) is 0. The van der Waals surface area contributed by atoms with Gasteiger partial charge in [0.2, 0.25) is 0 Å². The Morgan fingerprint density at radius 1 is 1.29 bits per heavy atom. The molecule has 0 aliphatic heterocycles. The van der Waals surface area contributed by atoms with Crippen molar-refractivity contribution in [3.63, 3.8) is 0 Å². The lowest BCUT2D eigenvalue weighted by Gasteiger charge is -2.32. The van der Waals surface area contributed by atoms with Crippen LogP contribution in [0, 0.1) is 5.92 Å². The topological polar surface area (TPSA) is 20.2 Å². The third-order valence-corrected chi connectivity index (χ3v) is 3.36. The number of rotatable bonds is 3. The minimum atomic E-state index is -0.176. The molecule has 0 saturated carbocycles. The second-order valence-electron chi connectivity index (χ2n) is 4.24. The molecule has 0 saturated heterocycles. The fourth-order valence-corrected chi connectivity index (χ4v) is 1.56. The summed E-state index contributed by atoms with van der Waals surface area (Å²) in [6.07, 6.45) is 0. The molecular formula is C12H17ClO. The van der Waals surface area contributed by atoms with Crippen molar-refractivity contribution < 1.29 is 5.11 Å². The van der Waals surface area contributed by atoms with Gasteiger partial charge in [0, 0.05) is 10.4 Å². The van der Waals surface area contributed by atoms with Crippen molar-refractivity contribution >= 4 is 11.6 Å². The SMILES string of the molecule is CC(C)C(C)(CO)c1ccc(Cl)cc1. The molecule has 0 amide bonds. The second-order valence-corrected chi connectivity index (χ2v) is 4.67. The monoisotopic (exact) mass is 212 g/mol. The molecule has 0 aliphatic carbocycles. The maximum absolute atomic E-state index is 9.45. The highest BCUT2D eigenvalue weighted by molar-refractivity contribution is 6.30. The first kappa shape index (κ1) is 11.5. The lowest BCUT2D eigenvalue weighted by Crippen LogP contribution is -2.32. The summed E-state index contributed by atoms with van der Waals surface area (Å²) < 4.78 is 0. The minimum Gasteiger partial charge on any atom is -0.395 e. The lowest BCUT2D eigenvalue weighted by molar-refractivity contribution is 0.165. The van der Waals surface area contributed by atoms with Crippen molar-refractivity contribution in [3.8, 4) is 0 Å². The van der Waals surface area contributed by atoms with Gasteiger partial charge in [0.05, 0.1) is 6.61 Å². The number of benzene rings is 1. The van der Waals surface area contributed by atoms with Crippen molar-refractivity contribution in [3.05, 3.63) is 34.9 Å². The molecule has 0 aromatic heterocycles. The molecule has 0 aliphatic rings. The summed E-state index contributed by atoms with van der Waals surface area (Å²) in [5, 5.41) is 10.2. The highest BCUT2D eigenvalue weighted by atomic mass is 35.5. The van der Waals surface area contributed by atoms with Crippen molar-refractivity contribution in [2.24, 2.45) is 5.92 Å². The van der Waals surface area contributed by atoms with Crippen LogP contribution in [-0.4, -0.2) is 11.7 Å². The number of hydrogen-bond donors (Lipinski definition) is 1. The van der Waals surface area contributed by atoms with Gasteiger partial charge in [-0.2, -0.15) is 0 Å². The van der Waals surface area contributed by atoms with Crippen LogP contribution in [0.1, 0.15) is 26.3 Å². The third kappa shape index (κ3) is 2.10. The van der Waals surface area contributed by atoms with Crippen LogP contribution < -0.4 is 0 Å². The Labute approximate surface area is 90.7 Å². The molecule has 1 N–H and O–H groups in total. The molecule has 0 radical (unpaired) electrons. The molecule has 78 valence electrons. The Balaban J connectivity index is 3.06. The number of halogens is 1. The highest BCUT2D eigenvalue weighted by Crippen LogP contribution is 2.31. The normalized spacial score (nSPS) is 15.6. The van der Waals surface area contributed by atoms with Gasteiger partial charge in [-0.25, -0.2) is 0 Å². The zero-order valence-electron chi connectivity index (χ0n) is 8.92. The number of aliphatic hydroxyl groups excluding tert-OH is 1. The van der Waals surface area contributed by atoms with Crippen LogP contribution in [0.25, 0.3) is 0 Å². The summed E-state index contributed by atoms with van der Waals surface area (Å²) in [6, 6.07) is 7.71. The van der Waals surface area contributed by atoms with E-state index in [1.807, 2.05) is 24.3 Å². The van der Waals surface area contributed by atoms with Gasteiger partial charge < -0.3 is 5.11 Å². The summed E-state index contributed by atoms with van der Waals surface area (Å²) in [5.74, 6) is 0.397. The van der Waals surface area contributed by atoms with E-state index in [1.165, 1.54) is 0 Å². The van der Waals surface area contributed by atoms with Crippen LogP contribution in [-0.2, 0) is 5.41 Å². The van der Waals surface area contributed by atoms with Crippen LogP contribution in [0.2, 0.25) is 5.02 Å². The first-order valence-corrected chi connectivity index (χ1v) is 5.25. The third-order valence-electron chi connectivity index (χ3n) is 3.11. The van der Waals surface area contributed by atoms with E-state index < -0.39 is 0 Å². The van der Waals surface area contributed by atoms with Crippen LogP contribution in [0.15, 0.2) is 24.3 Å². The van der Waals surface area contributed by atoms with Gasteiger partial charge in [0.25, 0.3) is 0 Å². The Bertz CT molecular complexity index is 292. The van der Waals surface area contributed by atoms with Gasteiger partial charge in [0.15, 0.2) is 0 Å². The first-order chi connectivity index (χ1) is 6.50. The molecule has 1 rings (SSSR count). The summed E-state index contributed by atoms with van der Waals surface area (Å²) in [5.41, 5.74) is 0.962. The number of hydrogen-bond acceptors (Lipinski definition) is 1. The number of aliphatic hydroxyl groups is 1. The van der Waals surface area contributed by atoms with Crippen LogP contribution in [0.3, 0.4) is 0 Å². The molecule has 14 heavy (non-hydrogen) atoms. The fourth-order valence-electron chi connectivity index (χ4n) is 1.44. The van der Waals surface area contributed by atoms with E-state index in [2.05, 4.69) is 20.8 Å². The Kier molecular flexibility index (Phi) is 3.57. The predicted molar refractivity (Wildman–Crippen MR) is 60.7 cm³/mol. The van der Waals surface area contributed by atoms with E-state index in [0.717, 1.165) is 10.6 Å². The molecular weight excluding hydrogens is 196 g/mol. The largest absolute Gasteiger partial charge is 0.395 e. The summed E-state index contributed by atoms with van der Waals surface area (Å²) in [6.45, 7) is 6.46. The Hall–Kier alpha value is -0.530.